The van der Waals surface area contributed by atoms with Crippen LogP contribution in [-0.4, -0.2) is 41.3 Å². The molecule has 0 aliphatic heterocycles. The number of nitrogens with one attached hydrogen (secondary N) is 1. The first-order valence-corrected chi connectivity index (χ1v) is 12.6. The molecule has 0 aliphatic carbocycles. The smallest absolute Gasteiger partial charge is 0.230 e. The summed E-state index contributed by atoms with van der Waals surface area (Å²) in [5, 5.41) is 2.99. The van der Waals surface area contributed by atoms with E-state index in [1.54, 1.807) is 11.8 Å². The Balaban J connectivity index is 1.69. The number of thioether (sulfide) groups is 2. The van der Waals surface area contributed by atoms with E-state index >= 15 is 0 Å². The van der Waals surface area contributed by atoms with Crippen LogP contribution < -0.4 is 10.1 Å². The maximum atomic E-state index is 12.0. The lowest BCUT2D eigenvalue weighted by molar-refractivity contribution is -0.118. The van der Waals surface area contributed by atoms with Crippen LogP contribution in [0.3, 0.4) is 0 Å². The van der Waals surface area contributed by atoms with Crippen molar-refractivity contribution in [2.75, 3.05) is 30.4 Å². The Morgan fingerprint density at radius 3 is 2.62 bits per heavy atom. The van der Waals surface area contributed by atoms with Gasteiger partial charge in [0.1, 0.15) is 11.5 Å². The second kappa shape index (κ2) is 13.6. The Morgan fingerprint density at radius 1 is 1.14 bits per heavy atom. The molecule has 29 heavy (non-hydrogen) atoms. The molecule has 5 nitrogen and oxygen atoms in total. The van der Waals surface area contributed by atoms with Crippen molar-refractivity contribution in [1.29, 1.82) is 0 Å². The van der Waals surface area contributed by atoms with E-state index in [1.807, 2.05) is 49.9 Å². The fraction of sp³-hybridized carbons (Fsp3) is 0.545. The largest absolute Gasteiger partial charge is 0.494 e. The molecule has 1 amide bonds. The fourth-order valence-corrected chi connectivity index (χ4v) is 4.48. The molecule has 0 unspecified atom stereocenters. The molecule has 160 valence electrons. The molecule has 1 heterocycles. The van der Waals surface area contributed by atoms with Crippen LogP contribution in [0.5, 0.6) is 5.75 Å². The number of aromatic nitrogens is 1. The van der Waals surface area contributed by atoms with Gasteiger partial charge in [-0.05, 0) is 62.5 Å². The third-order valence-corrected chi connectivity index (χ3v) is 6.31. The maximum absolute atomic E-state index is 12.0. The highest BCUT2D eigenvalue weighted by molar-refractivity contribution is 7.99. The summed E-state index contributed by atoms with van der Waals surface area (Å²) in [5.41, 5.74) is 1.81. The summed E-state index contributed by atoms with van der Waals surface area (Å²) in [6.07, 6.45) is 3.54. The van der Waals surface area contributed by atoms with Gasteiger partial charge in [0.05, 0.1) is 18.1 Å². The Labute approximate surface area is 182 Å². The molecular weight excluding hydrogens is 404 g/mol. The number of hydrogen-bond acceptors (Lipinski definition) is 6. The molecule has 0 saturated carbocycles. The molecule has 0 atom stereocenters. The van der Waals surface area contributed by atoms with Crippen molar-refractivity contribution in [2.45, 2.75) is 45.8 Å². The highest BCUT2D eigenvalue weighted by Gasteiger charge is 2.12. The molecule has 2 rings (SSSR count). The third-order valence-electron chi connectivity index (χ3n) is 4.21. The topological polar surface area (TPSA) is 64.4 Å². The van der Waals surface area contributed by atoms with E-state index in [0.717, 1.165) is 41.5 Å². The zero-order valence-electron chi connectivity index (χ0n) is 17.7. The molecule has 0 fully saturated rings. The number of oxazole rings is 1. The fourth-order valence-electron chi connectivity index (χ4n) is 2.59. The van der Waals surface area contributed by atoms with Crippen LogP contribution in [0.25, 0.3) is 11.5 Å². The number of nitrogens with zero attached hydrogens (tertiary/aromatic N) is 1. The number of benzene rings is 1. The lowest BCUT2D eigenvalue weighted by Crippen LogP contribution is -2.26. The minimum absolute atomic E-state index is 0.0847. The van der Waals surface area contributed by atoms with Crippen molar-refractivity contribution < 1.29 is 13.9 Å². The Morgan fingerprint density at radius 2 is 1.90 bits per heavy atom. The molecule has 7 heteroatoms. The number of ether oxygens (including phenoxy) is 1. The Hall–Kier alpha value is -1.60. The normalized spacial score (nSPS) is 10.9. The Kier molecular flexibility index (Phi) is 11.1. The number of hydrogen-bond donors (Lipinski definition) is 1. The number of rotatable bonds is 14. The first-order chi connectivity index (χ1) is 14.1. The van der Waals surface area contributed by atoms with E-state index < -0.39 is 0 Å². The van der Waals surface area contributed by atoms with Crippen LogP contribution in [-0.2, 0) is 10.5 Å². The lowest BCUT2D eigenvalue weighted by atomic mass is 10.2. The summed E-state index contributed by atoms with van der Waals surface area (Å²) in [7, 11) is 0. The van der Waals surface area contributed by atoms with Gasteiger partial charge in [0.15, 0.2) is 0 Å². The van der Waals surface area contributed by atoms with Gasteiger partial charge in [0, 0.05) is 17.9 Å². The summed E-state index contributed by atoms with van der Waals surface area (Å²) in [6.45, 7) is 7.48. The molecule has 1 N–H and O–H groups in total. The first kappa shape index (κ1) is 23.7. The minimum atomic E-state index is 0.0847. The third kappa shape index (κ3) is 8.74. The summed E-state index contributed by atoms with van der Waals surface area (Å²) in [4.78, 5) is 16.6. The zero-order chi connectivity index (χ0) is 20.9. The van der Waals surface area contributed by atoms with Crippen molar-refractivity contribution in [3.05, 3.63) is 35.7 Å². The molecule has 0 radical (unpaired) electrons. The van der Waals surface area contributed by atoms with E-state index in [4.69, 9.17) is 9.15 Å². The summed E-state index contributed by atoms with van der Waals surface area (Å²) in [6, 6.07) is 7.72. The predicted octanol–water partition coefficient (Wildman–Crippen LogP) is 5.32. The monoisotopic (exact) mass is 436 g/mol. The minimum Gasteiger partial charge on any atom is -0.494 e. The van der Waals surface area contributed by atoms with Crippen LogP contribution in [0, 0.1) is 6.92 Å². The standard InChI is InChI=1S/C22H32N2O3S2/c1-4-6-13-28-14-7-12-23-21(25)16-29-15-20-17(3)27-22(24-20)18-8-10-19(11-9-18)26-5-2/h8-11H,4-7,12-16H2,1-3H3,(H,23,25). The van der Waals surface area contributed by atoms with Gasteiger partial charge in [0.25, 0.3) is 0 Å². The average molecular weight is 437 g/mol. The second-order valence-corrected chi connectivity index (χ2v) is 8.85. The van der Waals surface area contributed by atoms with Gasteiger partial charge in [0.2, 0.25) is 11.8 Å². The summed E-state index contributed by atoms with van der Waals surface area (Å²) < 4.78 is 11.3. The lowest BCUT2D eigenvalue weighted by Gasteiger charge is -2.05. The molecule has 1 aromatic carbocycles. The predicted molar refractivity (Wildman–Crippen MR) is 124 cm³/mol. The molecule has 0 aliphatic rings. The van der Waals surface area contributed by atoms with Gasteiger partial charge < -0.3 is 14.5 Å². The van der Waals surface area contributed by atoms with Gasteiger partial charge >= 0.3 is 0 Å². The Bertz CT molecular complexity index is 732. The van der Waals surface area contributed by atoms with Crippen molar-refractivity contribution in [3.63, 3.8) is 0 Å². The number of unbranched alkanes of at least 4 members (excludes halogenated alkanes) is 1. The second-order valence-electron chi connectivity index (χ2n) is 6.64. The maximum Gasteiger partial charge on any atom is 0.230 e. The molecule has 0 spiro atoms. The van der Waals surface area contributed by atoms with Gasteiger partial charge in [-0.15, -0.1) is 11.8 Å². The molecule has 1 aromatic heterocycles. The van der Waals surface area contributed by atoms with E-state index in [9.17, 15) is 4.79 Å². The molecular formula is C22H32N2O3S2. The average Bonchev–Trinajstić information content (AvgIpc) is 3.09. The van der Waals surface area contributed by atoms with Crippen molar-refractivity contribution in [3.8, 4) is 17.2 Å². The van der Waals surface area contributed by atoms with E-state index in [1.165, 1.54) is 18.6 Å². The number of aryl methyl sites for hydroxylation is 1. The van der Waals surface area contributed by atoms with Crippen LogP contribution in [0.1, 0.15) is 44.6 Å². The van der Waals surface area contributed by atoms with E-state index in [2.05, 4.69) is 17.2 Å². The van der Waals surface area contributed by atoms with Crippen LogP contribution in [0.4, 0.5) is 0 Å². The van der Waals surface area contributed by atoms with Crippen LogP contribution in [0.2, 0.25) is 0 Å². The molecule has 0 saturated heterocycles. The highest BCUT2D eigenvalue weighted by atomic mass is 32.2. The quantitative estimate of drug-likeness (QED) is 0.404. The number of carbonyl (C=O) groups is 1. The van der Waals surface area contributed by atoms with Crippen molar-refractivity contribution in [1.82, 2.24) is 10.3 Å². The SMILES string of the molecule is CCCCSCCCNC(=O)CSCc1nc(-c2ccc(OCC)cc2)oc1C. The molecule has 0 bridgehead atoms. The van der Waals surface area contributed by atoms with Gasteiger partial charge in [-0.2, -0.15) is 11.8 Å². The summed E-state index contributed by atoms with van der Waals surface area (Å²) in [5.74, 6) is 5.75. The van der Waals surface area contributed by atoms with E-state index in [0.29, 0.717) is 24.0 Å². The van der Waals surface area contributed by atoms with Gasteiger partial charge in [-0.1, -0.05) is 13.3 Å². The van der Waals surface area contributed by atoms with E-state index in [-0.39, 0.29) is 5.91 Å². The number of carbonyl (C=O) groups excluding carboxylic acids is 1. The van der Waals surface area contributed by atoms with Crippen LogP contribution in [0.15, 0.2) is 28.7 Å². The first-order valence-electron chi connectivity index (χ1n) is 10.3. The zero-order valence-corrected chi connectivity index (χ0v) is 19.3. The van der Waals surface area contributed by atoms with Gasteiger partial charge in [-0.25, -0.2) is 4.98 Å². The molecule has 2 aromatic rings. The van der Waals surface area contributed by atoms with Gasteiger partial charge in [-0.3, -0.25) is 4.79 Å². The van der Waals surface area contributed by atoms with Crippen molar-refractivity contribution >= 4 is 29.4 Å². The van der Waals surface area contributed by atoms with Crippen LogP contribution >= 0.6 is 23.5 Å². The van der Waals surface area contributed by atoms with Crippen molar-refractivity contribution in [2.24, 2.45) is 0 Å². The summed E-state index contributed by atoms with van der Waals surface area (Å²) >= 11 is 3.53. The highest BCUT2D eigenvalue weighted by Crippen LogP contribution is 2.26. The number of amides is 1.